The summed E-state index contributed by atoms with van der Waals surface area (Å²) in [6.45, 7) is 0. The van der Waals surface area contributed by atoms with Crippen LogP contribution in [0.3, 0.4) is 0 Å². The Morgan fingerprint density at radius 2 is 1.76 bits per heavy atom. The summed E-state index contributed by atoms with van der Waals surface area (Å²) in [4.78, 5) is -0.105. The summed E-state index contributed by atoms with van der Waals surface area (Å²) in [6.07, 6.45) is 0. The highest BCUT2D eigenvalue weighted by molar-refractivity contribution is 9.13. The van der Waals surface area contributed by atoms with E-state index in [1.165, 1.54) is 12.1 Å². The normalized spacial score (nSPS) is 13.6. The summed E-state index contributed by atoms with van der Waals surface area (Å²) in [5.41, 5.74) is -0.241. The molecule has 0 atom stereocenters. The maximum atomic E-state index is 9.82. The van der Waals surface area contributed by atoms with Crippen LogP contribution in [-0.4, -0.2) is 22.1 Å². The van der Waals surface area contributed by atoms with E-state index in [9.17, 15) is 9.11 Å². The second-order valence-corrected chi connectivity index (χ2v) is 9.89. The van der Waals surface area contributed by atoms with Crippen LogP contribution in [0.4, 0.5) is 5.69 Å². The smallest absolute Gasteiger partial charge is 0.265 e. The van der Waals surface area contributed by atoms with Crippen molar-refractivity contribution in [2.45, 2.75) is 7.47 Å². The van der Waals surface area contributed by atoms with Gasteiger partial charge in [0.1, 0.15) is 5.69 Å². The van der Waals surface area contributed by atoms with Crippen molar-refractivity contribution < 1.29 is 19.5 Å². The molecule has 4 N–H and O–H groups in total. The molecule has 0 bridgehead atoms. The Balaban J connectivity index is 3.30. The van der Waals surface area contributed by atoms with Gasteiger partial charge in [0.2, 0.25) is 0 Å². The lowest BCUT2D eigenvalue weighted by Crippen LogP contribution is -2.17. The van der Waals surface area contributed by atoms with Crippen molar-refractivity contribution in [1.82, 2.24) is 0 Å². The summed E-state index contributed by atoms with van der Waals surface area (Å²) in [6, 6.07) is 3.54. The second kappa shape index (κ2) is 5.28. The van der Waals surface area contributed by atoms with E-state index in [4.69, 9.17) is 45.2 Å². The molecule has 0 aliphatic heterocycles. The molecule has 1 aromatic rings. The van der Waals surface area contributed by atoms with Gasteiger partial charge in [-0.2, -0.15) is 0 Å². The lowest BCUT2D eigenvalue weighted by Gasteiger charge is -2.39. The van der Waals surface area contributed by atoms with E-state index in [0.29, 0.717) is 0 Å². The van der Waals surface area contributed by atoms with Gasteiger partial charge in [0, 0.05) is 0 Å². The molecule has 0 unspecified atom stereocenters. The monoisotopic (exact) mass is 385 g/mol. The summed E-state index contributed by atoms with van der Waals surface area (Å²) >= 11 is 19.5. The SMILES string of the molecule is ON(O)c1cc(S(O)(O)C(Cl)(Cl)Br)ccc1Cl. The Labute approximate surface area is 122 Å². The Morgan fingerprint density at radius 3 is 2.18 bits per heavy atom. The third kappa shape index (κ3) is 3.31. The van der Waals surface area contributed by atoms with Gasteiger partial charge in [0.15, 0.2) is 0 Å². The van der Waals surface area contributed by atoms with Crippen molar-refractivity contribution in [1.29, 1.82) is 0 Å². The van der Waals surface area contributed by atoms with Crippen molar-refractivity contribution in [2.75, 3.05) is 5.23 Å². The Hall–Kier alpha value is 0.560. The van der Waals surface area contributed by atoms with Crippen LogP contribution in [0.5, 0.6) is 0 Å². The first-order valence-corrected chi connectivity index (χ1v) is 7.36. The number of hydrogen-bond acceptors (Lipinski definition) is 5. The quantitative estimate of drug-likeness (QED) is 0.453. The maximum absolute atomic E-state index is 9.82. The predicted molar refractivity (Wildman–Crippen MR) is 72.0 cm³/mol. The van der Waals surface area contributed by atoms with Gasteiger partial charge >= 0.3 is 0 Å². The topological polar surface area (TPSA) is 84.2 Å². The van der Waals surface area contributed by atoms with E-state index < -0.39 is 13.2 Å². The highest BCUT2D eigenvalue weighted by Crippen LogP contribution is 2.66. The third-order valence-electron chi connectivity index (χ3n) is 1.78. The van der Waals surface area contributed by atoms with Crippen LogP contribution >= 0.6 is 61.3 Å². The van der Waals surface area contributed by atoms with Crippen LogP contribution in [0.1, 0.15) is 0 Å². The molecule has 0 aliphatic carbocycles. The molecule has 0 heterocycles. The number of anilines is 1. The fourth-order valence-corrected chi connectivity index (χ4v) is 3.05. The predicted octanol–water partition coefficient (Wildman–Crippen LogP) is 4.52. The number of alkyl halides is 3. The number of nitrogens with zero attached hydrogens (tertiary/aromatic N) is 1. The van der Waals surface area contributed by atoms with Crippen LogP contribution in [0, 0.1) is 0 Å². The summed E-state index contributed by atoms with van der Waals surface area (Å²) < 4.78 is 17.6. The maximum Gasteiger partial charge on any atom is 0.265 e. The number of rotatable bonds is 3. The Morgan fingerprint density at radius 1 is 1.24 bits per heavy atom. The molecule has 0 saturated heterocycles. The number of halogens is 4. The van der Waals surface area contributed by atoms with Gasteiger partial charge in [-0.25, -0.2) is 0 Å². The highest BCUT2D eigenvalue weighted by Gasteiger charge is 2.39. The zero-order valence-electron chi connectivity index (χ0n) is 7.89. The third-order valence-corrected chi connectivity index (χ3v) is 6.31. The van der Waals surface area contributed by atoms with Crippen LogP contribution in [0.2, 0.25) is 5.02 Å². The van der Waals surface area contributed by atoms with Gasteiger partial charge in [-0.05, 0) is 34.1 Å². The number of hydrogen-bond donors (Lipinski definition) is 4. The summed E-state index contributed by atoms with van der Waals surface area (Å²) in [7, 11) is -3.61. The van der Waals surface area contributed by atoms with Crippen LogP contribution in [0.25, 0.3) is 0 Å². The molecule has 0 aromatic heterocycles. The molecule has 1 rings (SSSR count). The van der Waals surface area contributed by atoms with Crippen molar-refractivity contribution in [3.05, 3.63) is 23.2 Å². The van der Waals surface area contributed by atoms with Crippen molar-refractivity contribution in [2.24, 2.45) is 0 Å². The fourth-order valence-electron chi connectivity index (χ4n) is 0.956. The van der Waals surface area contributed by atoms with Crippen LogP contribution < -0.4 is 5.23 Å². The van der Waals surface area contributed by atoms with Gasteiger partial charge in [0.25, 0.3) is 2.57 Å². The second-order valence-electron chi connectivity index (χ2n) is 2.90. The molecule has 0 amide bonds. The first-order chi connectivity index (χ1) is 7.57. The van der Waals surface area contributed by atoms with Crippen LogP contribution in [0.15, 0.2) is 23.1 Å². The lowest BCUT2D eigenvalue weighted by molar-refractivity contribution is 0.0291. The molecule has 0 radical (unpaired) electrons. The summed E-state index contributed by atoms with van der Waals surface area (Å²) in [5, 5.41) is 17.5. The average molecular weight is 387 g/mol. The molecule has 0 spiro atoms. The van der Waals surface area contributed by atoms with Gasteiger partial charge in [-0.15, -0.1) is 15.8 Å². The molecule has 0 aliphatic rings. The van der Waals surface area contributed by atoms with E-state index in [-0.39, 0.29) is 20.8 Å². The molecular weight excluding hydrogens is 380 g/mol. The molecular formula is C7H7BrCl3NO4S. The molecule has 17 heavy (non-hydrogen) atoms. The van der Waals surface area contributed by atoms with Gasteiger partial charge in [0.05, 0.1) is 9.92 Å². The first kappa shape index (κ1) is 15.6. The minimum atomic E-state index is -3.61. The minimum absolute atomic E-state index is 0.00160. The zero-order chi connectivity index (χ0) is 13.4. The van der Waals surface area contributed by atoms with Crippen molar-refractivity contribution >= 4 is 67.0 Å². The largest absolute Gasteiger partial charge is 0.291 e. The average Bonchev–Trinajstić information content (AvgIpc) is 2.15. The Bertz CT molecular complexity index is 426. The number of benzene rings is 1. The molecule has 10 heteroatoms. The molecule has 0 fully saturated rings. The van der Waals surface area contributed by atoms with Crippen molar-refractivity contribution in [3.8, 4) is 0 Å². The molecule has 0 saturated carbocycles. The zero-order valence-corrected chi connectivity index (χ0v) is 12.6. The molecule has 98 valence electrons. The van der Waals surface area contributed by atoms with E-state index in [2.05, 4.69) is 15.9 Å². The Kier molecular flexibility index (Phi) is 4.85. The van der Waals surface area contributed by atoms with E-state index in [1.807, 2.05) is 0 Å². The van der Waals surface area contributed by atoms with E-state index in [0.717, 1.165) is 6.07 Å². The highest BCUT2D eigenvalue weighted by atomic mass is 79.9. The minimum Gasteiger partial charge on any atom is -0.291 e. The van der Waals surface area contributed by atoms with E-state index in [1.54, 1.807) is 0 Å². The van der Waals surface area contributed by atoms with E-state index >= 15 is 0 Å². The summed E-state index contributed by atoms with van der Waals surface area (Å²) in [5.74, 6) is 0. The van der Waals surface area contributed by atoms with Crippen molar-refractivity contribution in [3.63, 3.8) is 0 Å². The van der Waals surface area contributed by atoms with Crippen LogP contribution in [-0.2, 0) is 0 Å². The van der Waals surface area contributed by atoms with Gasteiger partial charge in [-0.1, -0.05) is 34.8 Å². The van der Waals surface area contributed by atoms with Gasteiger partial charge < -0.3 is 0 Å². The fraction of sp³-hybridized carbons (Fsp3) is 0.143. The molecule has 5 nitrogen and oxygen atoms in total. The van der Waals surface area contributed by atoms with Gasteiger partial charge in [-0.3, -0.25) is 19.5 Å². The lowest BCUT2D eigenvalue weighted by atomic mass is 10.3. The standard InChI is InChI=1S/C7H7BrCl3NO4S/c8-7(10,11)17(15,16)4-1-2-5(9)6(3-4)12(13)14/h1-3,13-16H. The molecule has 1 aromatic carbocycles. The first-order valence-electron chi connectivity index (χ1n) is 3.89.